The largest absolute Gasteiger partial charge is 0.507 e. The highest BCUT2D eigenvalue weighted by molar-refractivity contribution is 9.10. The summed E-state index contributed by atoms with van der Waals surface area (Å²) in [6.45, 7) is 0. The standard InChI is InChI=1S/C24H18BrNO4/c1-30-19-10-6-5-9-18(19)21-20(22(27)15-11-13-16(25)14-12-15)23(28)24(29)26(21)17-7-3-2-4-8-17/h2-14,21,27H,1H3/b22-20+. The number of amides is 1. The average Bonchev–Trinajstić information content (AvgIpc) is 3.04. The van der Waals surface area contributed by atoms with Gasteiger partial charge in [0.15, 0.2) is 0 Å². The third-order valence-corrected chi connectivity index (χ3v) is 5.56. The van der Waals surface area contributed by atoms with Crippen LogP contribution in [0.1, 0.15) is 17.2 Å². The molecule has 30 heavy (non-hydrogen) atoms. The molecule has 1 atom stereocenters. The molecule has 1 aliphatic heterocycles. The Hall–Kier alpha value is -3.38. The summed E-state index contributed by atoms with van der Waals surface area (Å²) in [6.07, 6.45) is 0. The first kappa shape index (κ1) is 19.9. The highest BCUT2D eigenvalue weighted by Crippen LogP contribution is 2.44. The number of benzene rings is 3. The second-order valence-electron chi connectivity index (χ2n) is 6.75. The van der Waals surface area contributed by atoms with Crippen molar-refractivity contribution in [2.24, 2.45) is 0 Å². The molecule has 1 saturated heterocycles. The van der Waals surface area contributed by atoms with Gasteiger partial charge in [0.2, 0.25) is 0 Å². The maximum atomic E-state index is 13.1. The summed E-state index contributed by atoms with van der Waals surface area (Å²) < 4.78 is 6.34. The number of para-hydroxylation sites is 2. The van der Waals surface area contributed by atoms with Gasteiger partial charge in [0.1, 0.15) is 11.5 Å². The number of ether oxygens (including phenoxy) is 1. The van der Waals surface area contributed by atoms with Crippen molar-refractivity contribution < 1.29 is 19.4 Å². The van der Waals surface area contributed by atoms with Gasteiger partial charge in [-0.05, 0) is 30.3 Å². The van der Waals surface area contributed by atoms with E-state index in [4.69, 9.17) is 4.74 Å². The summed E-state index contributed by atoms with van der Waals surface area (Å²) in [6, 6.07) is 22.2. The molecular formula is C24H18BrNO4. The van der Waals surface area contributed by atoms with Gasteiger partial charge in [-0.2, -0.15) is 0 Å². The predicted molar refractivity (Wildman–Crippen MR) is 118 cm³/mol. The van der Waals surface area contributed by atoms with Crippen molar-refractivity contribution in [3.05, 3.63) is 100 Å². The van der Waals surface area contributed by atoms with E-state index in [1.165, 1.54) is 12.0 Å². The molecule has 0 aromatic heterocycles. The van der Waals surface area contributed by atoms with E-state index in [0.717, 1.165) is 4.47 Å². The van der Waals surface area contributed by atoms with Crippen molar-refractivity contribution in [3.63, 3.8) is 0 Å². The van der Waals surface area contributed by atoms with Crippen LogP contribution in [-0.4, -0.2) is 23.9 Å². The van der Waals surface area contributed by atoms with Crippen molar-refractivity contribution in [2.75, 3.05) is 12.0 Å². The molecule has 150 valence electrons. The minimum atomic E-state index is -0.827. The number of nitrogens with zero attached hydrogens (tertiary/aromatic N) is 1. The number of carbonyl (C=O) groups excluding carboxylic acids is 2. The molecule has 0 radical (unpaired) electrons. The number of rotatable bonds is 4. The average molecular weight is 464 g/mol. The van der Waals surface area contributed by atoms with E-state index < -0.39 is 17.7 Å². The molecule has 0 bridgehead atoms. The number of methoxy groups -OCH3 is 1. The van der Waals surface area contributed by atoms with Gasteiger partial charge in [-0.3, -0.25) is 14.5 Å². The van der Waals surface area contributed by atoms with E-state index >= 15 is 0 Å². The zero-order valence-corrected chi connectivity index (χ0v) is 17.7. The number of hydrogen-bond donors (Lipinski definition) is 1. The summed E-state index contributed by atoms with van der Waals surface area (Å²) in [7, 11) is 1.53. The van der Waals surface area contributed by atoms with Crippen LogP contribution in [0.3, 0.4) is 0 Å². The van der Waals surface area contributed by atoms with Crippen LogP contribution in [-0.2, 0) is 9.59 Å². The molecule has 1 aliphatic rings. The maximum Gasteiger partial charge on any atom is 0.300 e. The van der Waals surface area contributed by atoms with Crippen LogP contribution in [0.5, 0.6) is 5.75 Å². The number of aliphatic hydroxyl groups is 1. The molecule has 1 N–H and O–H groups in total. The smallest absolute Gasteiger partial charge is 0.300 e. The van der Waals surface area contributed by atoms with Gasteiger partial charge in [0.25, 0.3) is 11.7 Å². The summed E-state index contributed by atoms with van der Waals surface area (Å²) in [4.78, 5) is 27.6. The van der Waals surface area contributed by atoms with Crippen molar-refractivity contribution in [3.8, 4) is 5.75 Å². The Morgan fingerprint density at radius 2 is 1.57 bits per heavy atom. The Morgan fingerprint density at radius 3 is 2.23 bits per heavy atom. The highest BCUT2D eigenvalue weighted by Gasteiger charge is 2.47. The van der Waals surface area contributed by atoms with Crippen LogP contribution in [0.25, 0.3) is 5.76 Å². The van der Waals surface area contributed by atoms with E-state index in [9.17, 15) is 14.7 Å². The number of carbonyl (C=O) groups is 2. The molecule has 0 aliphatic carbocycles. The van der Waals surface area contributed by atoms with E-state index in [-0.39, 0.29) is 11.3 Å². The number of anilines is 1. The third kappa shape index (κ3) is 3.39. The Morgan fingerprint density at radius 1 is 0.933 bits per heavy atom. The Balaban J connectivity index is 1.98. The molecule has 0 saturated carbocycles. The van der Waals surface area contributed by atoms with Gasteiger partial charge in [-0.1, -0.05) is 64.5 Å². The van der Waals surface area contributed by atoms with Crippen LogP contribution in [0, 0.1) is 0 Å². The first-order chi connectivity index (χ1) is 14.5. The molecule has 3 aromatic carbocycles. The zero-order valence-electron chi connectivity index (χ0n) is 16.1. The lowest BCUT2D eigenvalue weighted by molar-refractivity contribution is -0.132. The summed E-state index contributed by atoms with van der Waals surface area (Å²) >= 11 is 3.36. The molecule has 1 heterocycles. The lowest BCUT2D eigenvalue weighted by Gasteiger charge is -2.26. The van der Waals surface area contributed by atoms with Crippen LogP contribution in [0.2, 0.25) is 0 Å². The lowest BCUT2D eigenvalue weighted by atomic mass is 9.94. The summed E-state index contributed by atoms with van der Waals surface area (Å²) in [5.74, 6) is -1.15. The first-order valence-corrected chi connectivity index (χ1v) is 10.1. The number of halogens is 1. The molecule has 1 fully saturated rings. The van der Waals surface area contributed by atoms with Gasteiger partial charge in [-0.25, -0.2) is 0 Å². The van der Waals surface area contributed by atoms with Crippen LogP contribution in [0.4, 0.5) is 5.69 Å². The number of hydrogen-bond acceptors (Lipinski definition) is 4. The molecule has 1 amide bonds. The van der Waals surface area contributed by atoms with Crippen LogP contribution >= 0.6 is 15.9 Å². The predicted octanol–water partition coefficient (Wildman–Crippen LogP) is 5.08. The van der Waals surface area contributed by atoms with Gasteiger partial charge in [0.05, 0.1) is 18.7 Å². The number of Topliss-reactive ketones (excluding diaryl/α,β-unsaturated/α-hetero) is 1. The maximum absolute atomic E-state index is 13.1. The van der Waals surface area contributed by atoms with Crippen molar-refractivity contribution in [2.45, 2.75) is 6.04 Å². The molecule has 1 unspecified atom stereocenters. The van der Waals surface area contributed by atoms with Gasteiger partial charge < -0.3 is 9.84 Å². The van der Waals surface area contributed by atoms with E-state index in [2.05, 4.69) is 15.9 Å². The molecular weight excluding hydrogens is 446 g/mol. The van der Waals surface area contributed by atoms with Crippen molar-refractivity contribution in [1.82, 2.24) is 0 Å². The third-order valence-electron chi connectivity index (χ3n) is 5.03. The van der Waals surface area contributed by atoms with Gasteiger partial charge >= 0.3 is 0 Å². The first-order valence-electron chi connectivity index (χ1n) is 9.28. The monoisotopic (exact) mass is 463 g/mol. The van der Waals surface area contributed by atoms with Crippen molar-refractivity contribution >= 4 is 39.1 Å². The van der Waals surface area contributed by atoms with E-state index in [1.807, 2.05) is 18.2 Å². The lowest BCUT2D eigenvalue weighted by Crippen LogP contribution is -2.29. The Bertz CT molecular complexity index is 1140. The molecule has 4 rings (SSSR count). The molecule has 0 spiro atoms. The fourth-order valence-corrected chi connectivity index (χ4v) is 3.90. The molecule has 5 nitrogen and oxygen atoms in total. The van der Waals surface area contributed by atoms with Crippen LogP contribution < -0.4 is 9.64 Å². The second kappa shape index (κ2) is 8.16. The fourth-order valence-electron chi connectivity index (χ4n) is 3.64. The van der Waals surface area contributed by atoms with E-state index in [0.29, 0.717) is 22.6 Å². The minimum Gasteiger partial charge on any atom is -0.507 e. The summed E-state index contributed by atoms with van der Waals surface area (Å²) in [5, 5.41) is 11.1. The van der Waals surface area contributed by atoms with Gasteiger partial charge in [-0.15, -0.1) is 0 Å². The Kier molecular flexibility index (Phi) is 5.42. The SMILES string of the molecule is COc1ccccc1C1/C(=C(\O)c2ccc(Br)cc2)C(=O)C(=O)N1c1ccccc1. The fraction of sp³-hybridized carbons (Fsp3) is 0.0833. The normalized spacial score (nSPS) is 17.9. The topological polar surface area (TPSA) is 66.8 Å². The number of ketones is 1. The minimum absolute atomic E-state index is 0.0238. The second-order valence-corrected chi connectivity index (χ2v) is 7.67. The Labute approximate surface area is 182 Å². The van der Waals surface area contributed by atoms with E-state index in [1.54, 1.807) is 60.7 Å². The quantitative estimate of drug-likeness (QED) is 0.332. The summed E-state index contributed by atoms with van der Waals surface area (Å²) in [5.41, 5.74) is 1.65. The number of aliphatic hydroxyl groups excluding tert-OH is 1. The molecule has 3 aromatic rings. The zero-order chi connectivity index (χ0) is 21.3. The highest BCUT2D eigenvalue weighted by atomic mass is 79.9. The van der Waals surface area contributed by atoms with Crippen LogP contribution in [0.15, 0.2) is 88.9 Å². The molecule has 6 heteroatoms. The van der Waals surface area contributed by atoms with Crippen molar-refractivity contribution in [1.29, 1.82) is 0 Å². The van der Waals surface area contributed by atoms with Gasteiger partial charge in [0, 0.05) is 21.3 Å².